The van der Waals surface area contributed by atoms with Gasteiger partial charge in [-0.2, -0.15) is 0 Å². The number of rotatable bonds is 2. The van der Waals surface area contributed by atoms with Crippen molar-refractivity contribution >= 4 is 46.7 Å². The van der Waals surface area contributed by atoms with Gasteiger partial charge in [-0.1, -0.05) is 34.8 Å². The van der Waals surface area contributed by atoms with Crippen molar-refractivity contribution in [2.24, 2.45) is 0 Å². The first-order valence-electron chi connectivity index (χ1n) is 3.01. The zero-order valence-corrected chi connectivity index (χ0v) is 8.69. The summed E-state index contributed by atoms with van der Waals surface area (Å²) in [5.41, 5.74) is 3.34. The van der Waals surface area contributed by atoms with Gasteiger partial charge in [-0.15, -0.1) is 0 Å². The van der Waals surface area contributed by atoms with E-state index in [0.29, 0.717) is 6.54 Å². The van der Waals surface area contributed by atoms with Crippen LogP contribution in [0.25, 0.3) is 0 Å². The second-order valence-corrected chi connectivity index (χ2v) is 4.06. The second kappa shape index (κ2) is 7.20. The first-order chi connectivity index (χ1) is 5.71. The maximum absolute atomic E-state index is 9.56. The summed E-state index contributed by atoms with van der Waals surface area (Å²) in [7, 11) is 0. The Morgan fingerprint density at radius 3 is 1.69 bits per heavy atom. The summed E-state index contributed by atoms with van der Waals surface area (Å²) in [5.74, 6) is -2.48. The van der Waals surface area contributed by atoms with Crippen molar-refractivity contribution in [2.75, 3.05) is 6.54 Å². The van der Waals surface area contributed by atoms with Crippen LogP contribution in [0.1, 0.15) is 6.42 Å². The lowest BCUT2D eigenvalue weighted by Gasteiger charge is -2.09. The quantitative estimate of drug-likeness (QED) is 0.603. The molecule has 0 unspecified atom stereocenters. The van der Waals surface area contributed by atoms with E-state index in [1.165, 1.54) is 0 Å². The molecule has 0 saturated carbocycles. The van der Waals surface area contributed by atoms with Crippen molar-refractivity contribution in [3.63, 3.8) is 0 Å². The van der Waals surface area contributed by atoms with Gasteiger partial charge < -0.3 is 20.7 Å². The monoisotopic (exact) mass is 251 g/mol. The molecule has 0 fully saturated rings. The van der Waals surface area contributed by atoms with Gasteiger partial charge in [-0.05, 0) is 0 Å². The summed E-state index contributed by atoms with van der Waals surface area (Å²) in [5, 5.41) is 17.4. The fourth-order valence-electron chi connectivity index (χ4n) is 0.151. The largest absolute Gasteiger partial charge is 0.545 e. The normalized spacial score (nSPS) is 9.85. The van der Waals surface area contributed by atoms with E-state index in [-0.39, 0.29) is 6.42 Å². The smallest absolute Gasteiger partial charge is 0.309 e. The van der Waals surface area contributed by atoms with Crippen molar-refractivity contribution in [3.05, 3.63) is 0 Å². The van der Waals surface area contributed by atoms with Crippen LogP contribution >= 0.6 is 34.8 Å². The van der Waals surface area contributed by atoms with E-state index in [9.17, 15) is 14.7 Å². The molecule has 78 valence electrons. The van der Waals surface area contributed by atoms with Gasteiger partial charge in [0.05, 0.1) is 18.9 Å². The number of hydrogen-bond acceptors (Lipinski definition) is 3. The van der Waals surface area contributed by atoms with Crippen LogP contribution in [-0.4, -0.2) is 27.4 Å². The number of carbonyl (C=O) groups excluding carboxylic acids is 1. The third kappa shape index (κ3) is 14.6. The third-order valence-electron chi connectivity index (χ3n) is 0.622. The Bertz CT molecular complexity index is 179. The predicted octanol–water partition coefficient (Wildman–Crippen LogP) is -1.19. The topological polar surface area (TPSA) is 105 Å². The molecular weight excluding hydrogens is 244 g/mol. The highest BCUT2D eigenvalue weighted by molar-refractivity contribution is 6.75. The summed E-state index contributed by atoms with van der Waals surface area (Å²) in [6, 6.07) is 0. The zero-order chi connectivity index (χ0) is 11.1. The van der Waals surface area contributed by atoms with Gasteiger partial charge in [0.2, 0.25) is 3.79 Å². The average molecular weight is 252 g/mol. The van der Waals surface area contributed by atoms with Crippen LogP contribution < -0.4 is 10.8 Å². The van der Waals surface area contributed by atoms with Gasteiger partial charge in [0.25, 0.3) is 0 Å². The number of carboxylic acid groups (broad SMARTS) is 2. The van der Waals surface area contributed by atoms with Crippen LogP contribution in [0.4, 0.5) is 0 Å². The molecule has 0 aliphatic carbocycles. The minimum absolute atomic E-state index is 0.181. The Morgan fingerprint density at radius 1 is 1.38 bits per heavy atom. The van der Waals surface area contributed by atoms with Crippen LogP contribution in [0.15, 0.2) is 0 Å². The van der Waals surface area contributed by atoms with E-state index in [1.807, 2.05) is 0 Å². The van der Waals surface area contributed by atoms with E-state index in [4.69, 9.17) is 39.9 Å². The molecule has 0 amide bonds. The maximum atomic E-state index is 9.56. The molecular formula is C5H8Cl3NO4. The Labute approximate surface area is 89.4 Å². The highest BCUT2D eigenvalue weighted by Crippen LogP contribution is 2.24. The van der Waals surface area contributed by atoms with E-state index >= 15 is 0 Å². The van der Waals surface area contributed by atoms with Crippen LogP contribution in [0.5, 0.6) is 0 Å². The lowest BCUT2D eigenvalue weighted by atomic mass is 10.5. The molecule has 0 aromatic heterocycles. The number of quaternary nitrogens is 1. The summed E-state index contributed by atoms with van der Waals surface area (Å²) >= 11 is 14.2. The Balaban J connectivity index is 0. The molecule has 0 atom stereocenters. The molecule has 4 N–H and O–H groups in total. The molecule has 8 heteroatoms. The lowest BCUT2D eigenvalue weighted by molar-refractivity contribution is -0.366. The summed E-state index contributed by atoms with van der Waals surface area (Å²) in [6.45, 7) is 0.481. The fourth-order valence-corrected chi connectivity index (χ4v) is 0.151. The summed E-state index contributed by atoms with van der Waals surface area (Å²) in [4.78, 5) is 19.1. The number of carboxylic acids is 2. The molecule has 0 aromatic carbocycles. The highest BCUT2D eigenvalue weighted by atomic mass is 35.6. The highest BCUT2D eigenvalue weighted by Gasteiger charge is 2.20. The number of halogens is 3. The molecule has 0 heterocycles. The fraction of sp³-hybridized carbons (Fsp3) is 0.600. The number of carbonyl (C=O) groups is 2. The molecule has 0 radical (unpaired) electrons. The first-order valence-corrected chi connectivity index (χ1v) is 4.14. The molecule has 5 nitrogen and oxygen atoms in total. The summed E-state index contributed by atoms with van der Waals surface area (Å²) in [6.07, 6.45) is 0.181. The molecule has 0 saturated heterocycles. The molecule has 0 aliphatic heterocycles. The van der Waals surface area contributed by atoms with Crippen LogP contribution in [0.2, 0.25) is 0 Å². The molecule has 0 bridgehead atoms. The van der Waals surface area contributed by atoms with Gasteiger partial charge in [-0.3, -0.25) is 4.79 Å². The minimum Gasteiger partial charge on any atom is -0.545 e. The van der Waals surface area contributed by atoms with Crippen molar-refractivity contribution in [2.45, 2.75) is 10.2 Å². The number of alkyl halides is 3. The number of aliphatic carboxylic acids is 2. The van der Waals surface area contributed by atoms with Gasteiger partial charge in [0.1, 0.15) is 0 Å². The van der Waals surface area contributed by atoms with E-state index in [1.54, 1.807) is 0 Å². The van der Waals surface area contributed by atoms with Gasteiger partial charge in [0.15, 0.2) is 0 Å². The maximum Gasteiger partial charge on any atom is 0.309 e. The molecule has 0 aromatic rings. The van der Waals surface area contributed by atoms with Gasteiger partial charge >= 0.3 is 5.97 Å². The molecule has 0 spiro atoms. The Hall–Kier alpha value is -0.230. The van der Waals surface area contributed by atoms with E-state index < -0.39 is 15.7 Å². The Morgan fingerprint density at radius 2 is 1.69 bits per heavy atom. The van der Waals surface area contributed by atoms with Gasteiger partial charge in [0, 0.05) is 0 Å². The lowest BCUT2D eigenvalue weighted by Crippen LogP contribution is -2.50. The zero-order valence-electron chi connectivity index (χ0n) is 6.43. The van der Waals surface area contributed by atoms with E-state index in [2.05, 4.69) is 5.73 Å². The Kier molecular flexibility index (Phi) is 8.45. The van der Waals surface area contributed by atoms with Crippen LogP contribution in [-0.2, 0) is 9.59 Å². The molecule has 0 aliphatic rings. The van der Waals surface area contributed by atoms with Crippen molar-refractivity contribution < 1.29 is 25.5 Å². The average Bonchev–Trinajstić information content (AvgIpc) is 1.85. The van der Waals surface area contributed by atoms with Crippen molar-refractivity contribution in [1.29, 1.82) is 0 Å². The van der Waals surface area contributed by atoms with Crippen LogP contribution in [0, 0.1) is 0 Å². The van der Waals surface area contributed by atoms with Gasteiger partial charge in [-0.25, -0.2) is 0 Å². The first kappa shape index (κ1) is 15.3. The molecule has 0 rings (SSSR count). The third-order valence-corrected chi connectivity index (χ3v) is 1.09. The van der Waals surface area contributed by atoms with Crippen molar-refractivity contribution in [3.8, 4) is 0 Å². The standard InChI is InChI=1S/C3H7NO2.C2HCl3O2/c4-2-1-3(5)6;3-2(4,5)1(6)7/h1-2,4H2,(H,5,6);(H,6,7). The van der Waals surface area contributed by atoms with Crippen molar-refractivity contribution in [1.82, 2.24) is 0 Å². The van der Waals surface area contributed by atoms with Crippen LogP contribution in [0.3, 0.4) is 0 Å². The summed E-state index contributed by atoms with van der Waals surface area (Å²) < 4.78 is -2.28. The molecule has 13 heavy (non-hydrogen) atoms. The second-order valence-electron chi connectivity index (χ2n) is 1.78. The minimum atomic E-state index is -2.28. The number of hydrogen-bond donors (Lipinski definition) is 2. The predicted molar refractivity (Wildman–Crippen MR) is 45.3 cm³/mol. The SMILES string of the molecule is O=C([O-])C(Cl)(Cl)Cl.[NH3+]CCC(=O)O. The van der Waals surface area contributed by atoms with E-state index in [0.717, 1.165) is 0 Å².